The molecular formula is C23H24F6O. The fourth-order valence-electron chi connectivity index (χ4n) is 4.21. The molecule has 0 bridgehead atoms. The van der Waals surface area contributed by atoms with Crippen molar-refractivity contribution in [2.75, 3.05) is 6.61 Å². The first-order valence-corrected chi connectivity index (χ1v) is 10.2. The van der Waals surface area contributed by atoms with E-state index >= 15 is 0 Å². The van der Waals surface area contributed by atoms with Crippen LogP contribution in [0.15, 0.2) is 30.3 Å². The Labute approximate surface area is 172 Å². The molecule has 0 atom stereocenters. The number of benzene rings is 2. The van der Waals surface area contributed by atoms with Crippen molar-refractivity contribution in [3.05, 3.63) is 53.3 Å². The summed E-state index contributed by atoms with van der Waals surface area (Å²) >= 11 is 0. The zero-order chi connectivity index (χ0) is 21.9. The third-order valence-electron chi connectivity index (χ3n) is 5.74. The number of alkyl halides is 3. The summed E-state index contributed by atoms with van der Waals surface area (Å²) in [5.74, 6) is -3.62. The molecule has 0 N–H and O–H groups in total. The molecule has 30 heavy (non-hydrogen) atoms. The van der Waals surface area contributed by atoms with Gasteiger partial charge in [0.05, 0.1) is 0 Å². The smallest absolute Gasteiger partial charge is 0.422 e. The molecule has 0 spiro atoms. The topological polar surface area (TPSA) is 9.23 Å². The molecule has 0 amide bonds. The van der Waals surface area contributed by atoms with Gasteiger partial charge in [-0.25, -0.2) is 8.78 Å². The molecule has 2 aromatic carbocycles. The van der Waals surface area contributed by atoms with Gasteiger partial charge in [0.15, 0.2) is 18.2 Å². The van der Waals surface area contributed by atoms with Gasteiger partial charge in [0.25, 0.3) is 0 Å². The monoisotopic (exact) mass is 430 g/mol. The Kier molecular flexibility index (Phi) is 6.98. The van der Waals surface area contributed by atoms with Crippen LogP contribution in [0, 0.1) is 23.4 Å². The molecule has 1 saturated carbocycles. The van der Waals surface area contributed by atoms with Crippen molar-refractivity contribution in [2.24, 2.45) is 5.92 Å². The Balaban J connectivity index is 1.77. The van der Waals surface area contributed by atoms with E-state index in [1.165, 1.54) is 18.6 Å². The van der Waals surface area contributed by atoms with Crippen molar-refractivity contribution < 1.29 is 31.1 Å². The molecule has 0 radical (unpaired) electrons. The van der Waals surface area contributed by atoms with Crippen molar-refractivity contribution >= 4 is 0 Å². The van der Waals surface area contributed by atoms with E-state index < -0.39 is 36.0 Å². The standard InChI is InChI=1S/C23H24F6O/c1-2-3-14-4-6-15(7-5-14)16-8-9-17(19(24)12-16)18-10-11-20(22(26)21(18)25)30-13-23(27,28)29/h8-12,14-15H,2-7,13H2,1H3. The molecule has 3 rings (SSSR count). The van der Waals surface area contributed by atoms with Crippen molar-refractivity contribution in [1.82, 2.24) is 0 Å². The highest BCUT2D eigenvalue weighted by molar-refractivity contribution is 5.66. The van der Waals surface area contributed by atoms with Crippen LogP contribution in [0.5, 0.6) is 5.75 Å². The van der Waals surface area contributed by atoms with Crippen LogP contribution in [-0.2, 0) is 0 Å². The van der Waals surface area contributed by atoms with Crippen molar-refractivity contribution in [2.45, 2.75) is 57.5 Å². The first kappa shape index (κ1) is 22.5. The van der Waals surface area contributed by atoms with Gasteiger partial charge in [-0.05, 0) is 61.3 Å². The summed E-state index contributed by atoms with van der Waals surface area (Å²) in [6.07, 6.45) is 1.81. The maximum absolute atomic E-state index is 14.7. The van der Waals surface area contributed by atoms with E-state index in [0.717, 1.165) is 49.8 Å². The minimum absolute atomic E-state index is 0.141. The van der Waals surface area contributed by atoms with Gasteiger partial charge < -0.3 is 4.74 Å². The molecule has 0 aliphatic heterocycles. The second-order valence-electron chi connectivity index (χ2n) is 7.89. The molecule has 1 fully saturated rings. The molecule has 1 aliphatic carbocycles. The fourth-order valence-corrected chi connectivity index (χ4v) is 4.21. The van der Waals surface area contributed by atoms with E-state index in [-0.39, 0.29) is 17.0 Å². The highest BCUT2D eigenvalue weighted by atomic mass is 19.4. The lowest BCUT2D eigenvalue weighted by Crippen LogP contribution is -2.19. The quantitative estimate of drug-likeness (QED) is 0.425. The van der Waals surface area contributed by atoms with Crippen LogP contribution in [0.25, 0.3) is 11.1 Å². The number of hydrogen-bond acceptors (Lipinski definition) is 1. The molecule has 164 valence electrons. The lowest BCUT2D eigenvalue weighted by atomic mass is 9.77. The van der Waals surface area contributed by atoms with Crippen LogP contribution in [-0.4, -0.2) is 12.8 Å². The summed E-state index contributed by atoms with van der Waals surface area (Å²) in [5.41, 5.74) is 0.331. The van der Waals surface area contributed by atoms with Crippen LogP contribution in [0.2, 0.25) is 0 Å². The summed E-state index contributed by atoms with van der Waals surface area (Å²) in [6, 6.07) is 6.37. The second-order valence-corrected chi connectivity index (χ2v) is 7.89. The van der Waals surface area contributed by atoms with Crippen molar-refractivity contribution in [3.63, 3.8) is 0 Å². The summed E-state index contributed by atoms with van der Waals surface area (Å²) in [5, 5.41) is 0. The lowest BCUT2D eigenvalue weighted by Gasteiger charge is -2.28. The Morgan fingerprint density at radius 2 is 1.57 bits per heavy atom. The molecule has 1 aliphatic rings. The van der Waals surface area contributed by atoms with Gasteiger partial charge in [-0.1, -0.05) is 31.9 Å². The average Bonchev–Trinajstić information content (AvgIpc) is 2.70. The van der Waals surface area contributed by atoms with Crippen molar-refractivity contribution in [1.29, 1.82) is 0 Å². The van der Waals surface area contributed by atoms with Gasteiger partial charge in [0.1, 0.15) is 5.82 Å². The Bertz CT molecular complexity index is 869. The normalized spacial score (nSPS) is 19.7. The first-order chi connectivity index (χ1) is 14.2. The van der Waals surface area contributed by atoms with Crippen molar-refractivity contribution in [3.8, 4) is 16.9 Å². The van der Waals surface area contributed by atoms with Gasteiger partial charge in [-0.2, -0.15) is 17.6 Å². The average molecular weight is 430 g/mol. The molecule has 1 nitrogen and oxygen atoms in total. The fraction of sp³-hybridized carbons (Fsp3) is 0.478. The van der Waals surface area contributed by atoms with Gasteiger partial charge in [0, 0.05) is 11.1 Å². The second kappa shape index (κ2) is 9.31. The third-order valence-corrected chi connectivity index (χ3v) is 5.74. The van der Waals surface area contributed by atoms with Crippen LogP contribution in [0.1, 0.15) is 56.9 Å². The maximum atomic E-state index is 14.7. The SMILES string of the molecule is CCCC1CCC(c2ccc(-c3ccc(OCC(F)(F)F)c(F)c3F)c(F)c2)CC1. The van der Waals surface area contributed by atoms with E-state index in [0.29, 0.717) is 5.92 Å². The van der Waals surface area contributed by atoms with Gasteiger partial charge >= 0.3 is 6.18 Å². The van der Waals surface area contributed by atoms with E-state index in [4.69, 9.17) is 0 Å². The zero-order valence-corrected chi connectivity index (χ0v) is 16.7. The Morgan fingerprint density at radius 1 is 0.900 bits per heavy atom. The van der Waals surface area contributed by atoms with E-state index in [2.05, 4.69) is 11.7 Å². The van der Waals surface area contributed by atoms with Crippen LogP contribution < -0.4 is 4.74 Å². The van der Waals surface area contributed by atoms with Crippen LogP contribution in [0.3, 0.4) is 0 Å². The summed E-state index contributed by atoms with van der Waals surface area (Å²) in [6.45, 7) is 0.420. The molecule has 0 heterocycles. The molecule has 0 saturated heterocycles. The van der Waals surface area contributed by atoms with Gasteiger partial charge in [-0.3, -0.25) is 0 Å². The van der Waals surface area contributed by atoms with Crippen LogP contribution in [0.4, 0.5) is 26.3 Å². The minimum atomic E-state index is -4.68. The van der Waals surface area contributed by atoms with Gasteiger partial charge in [-0.15, -0.1) is 0 Å². The Hall–Kier alpha value is -2.18. The molecule has 0 unspecified atom stereocenters. The molecule has 0 aromatic heterocycles. The number of hydrogen-bond donors (Lipinski definition) is 0. The van der Waals surface area contributed by atoms with E-state index in [1.54, 1.807) is 6.07 Å². The summed E-state index contributed by atoms with van der Waals surface area (Å²) < 4.78 is 84.3. The minimum Gasteiger partial charge on any atom is -0.481 e. The Morgan fingerprint density at radius 3 is 2.17 bits per heavy atom. The lowest BCUT2D eigenvalue weighted by molar-refractivity contribution is -0.153. The number of rotatable bonds is 6. The van der Waals surface area contributed by atoms with E-state index in [1.807, 2.05) is 0 Å². The largest absolute Gasteiger partial charge is 0.481 e. The van der Waals surface area contributed by atoms with E-state index in [9.17, 15) is 26.3 Å². The predicted octanol–water partition coefficient (Wildman–Crippen LogP) is 7.79. The predicted molar refractivity (Wildman–Crippen MR) is 103 cm³/mol. The van der Waals surface area contributed by atoms with Crippen LogP contribution >= 0.6 is 0 Å². The zero-order valence-electron chi connectivity index (χ0n) is 16.7. The summed E-state index contributed by atoms with van der Waals surface area (Å²) in [7, 11) is 0. The first-order valence-electron chi connectivity index (χ1n) is 10.2. The molecule has 7 heteroatoms. The highest BCUT2D eigenvalue weighted by Crippen LogP contribution is 2.39. The third kappa shape index (κ3) is 5.29. The maximum Gasteiger partial charge on any atom is 0.422 e. The summed E-state index contributed by atoms with van der Waals surface area (Å²) in [4.78, 5) is 0. The number of halogens is 6. The number of ether oxygens (including phenoxy) is 1. The van der Waals surface area contributed by atoms with Gasteiger partial charge in [0.2, 0.25) is 5.82 Å². The highest BCUT2D eigenvalue weighted by Gasteiger charge is 2.30. The molecule has 2 aromatic rings. The molecular weight excluding hydrogens is 406 g/mol.